The van der Waals surface area contributed by atoms with E-state index in [-0.39, 0.29) is 22.3 Å². The molecule has 0 N–H and O–H groups in total. The van der Waals surface area contributed by atoms with Gasteiger partial charge in [-0.15, -0.1) is 0 Å². The predicted molar refractivity (Wildman–Crippen MR) is 193 cm³/mol. The van der Waals surface area contributed by atoms with Crippen molar-refractivity contribution in [3.8, 4) is 0 Å². The average molecular weight is 682 g/mol. The van der Waals surface area contributed by atoms with Gasteiger partial charge in [0.2, 0.25) is 0 Å². The first kappa shape index (κ1) is 35.7. The molecule has 6 heteroatoms. The van der Waals surface area contributed by atoms with Crippen LogP contribution in [0, 0.1) is 0 Å². The topological polar surface area (TPSA) is 27.7 Å². The Balaban J connectivity index is 1.88. The summed E-state index contributed by atoms with van der Waals surface area (Å²) in [6.45, 7) is 23.9. The van der Waals surface area contributed by atoms with Crippen molar-refractivity contribution < 1.29 is 13.6 Å². The third kappa shape index (κ3) is 9.59. The molecule has 0 unspecified atom stereocenters. The van der Waals surface area contributed by atoms with Crippen LogP contribution in [0.15, 0.2) is 102 Å². The molecular weight excluding hydrogens is 628 g/mol. The molecule has 0 fully saturated rings. The Kier molecular flexibility index (Phi) is 12.8. The summed E-state index contributed by atoms with van der Waals surface area (Å²) in [6.07, 6.45) is 2.23. The molecule has 3 aromatic rings. The fourth-order valence-corrected chi connectivity index (χ4v) is 11.7. The lowest BCUT2D eigenvalue weighted by atomic mass is 10.1. The van der Waals surface area contributed by atoms with Gasteiger partial charge >= 0.3 is 0 Å². The summed E-state index contributed by atoms with van der Waals surface area (Å²) in [5, 5.41) is 2.65. The van der Waals surface area contributed by atoms with E-state index in [0.717, 1.165) is 17.3 Å². The molecule has 0 saturated carbocycles. The lowest BCUT2D eigenvalue weighted by Crippen LogP contribution is -2.66. The van der Waals surface area contributed by atoms with Crippen molar-refractivity contribution in [2.45, 2.75) is 103 Å². The summed E-state index contributed by atoms with van der Waals surface area (Å²) in [6, 6.07) is 32.1. The number of rotatable bonds is 15. The van der Waals surface area contributed by atoms with Crippen molar-refractivity contribution in [1.29, 1.82) is 0 Å². The molecule has 0 spiro atoms. The van der Waals surface area contributed by atoms with Crippen LogP contribution in [-0.2, 0) is 20.2 Å². The Morgan fingerprint density at radius 1 is 0.744 bits per heavy atom. The SMILES string of the molecule is C=C(Br)C[C@H](O[Si](C)(C)C(C)(C)C)[C@H](CCCO[Si](c1ccccc1)(c1ccccc1)C(C)(C)C)OCc1ccccc1. The van der Waals surface area contributed by atoms with Crippen molar-refractivity contribution in [2.24, 2.45) is 0 Å². The highest BCUT2D eigenvalue weighted by Crippen LogP contribution is 2.40. The molecule has 43 heavy (non-hydrogen) atoms. The maximum absolute atomic E-state index is 7.22. The summed E-state index contributed by atoms with van der Waals surface area (Å²) < 4.78 is 21.9. The van der Waals surface area contributed by atoms with Gasteiger partial charge in [-0.05, 0) is 56.4 Å². The smallest absolute Gasteiger partial charge is 0.261 e. The van der Waals surface area contributed by atoms with Gasteiger partial charge in [0.15, 0.2) is 8.32 Å². The highest BCUT2D eigenvalue weighted by Gasteiger charge is 2.50. The zero-order valence-corrected chi connectivity index (χ0v) is 31.2. The van der Waals surface area contributed by atoms with Crippen LogP contribution in [0.25, 0.3) is 0 Å². The summed E-state index contributed by atoms with van der Waals surface area (Å²) in [5.41, 5.74) is 1.17. The van der Waals surface area contributed by atoms with E-state index >= 15 is 0 Å². The minimum atomic E-state index is -2.60. The van der Waals surface area contributed by atoms with Gasteiger partial charge in [-0.1, -0.05) is 155 Å². The van der Waals surface area contributed by atoms with E-state index in [0.29, 0.717) is 19.6 Å². The lowest BCUT2D eigenvalue weighted by molar-refractivity contribution is -0.0451. The van der Waals surface area contributed by atoms with E-state index in [2.05, 4.69) is 162 Å². The van der Waals surface area contributed by atoms with Crippen LogP contribution in [0.1, 0.15) is 66.4 Å². The Morgan fingerprint density at radius 3 is 1.67 bits per heavy atom. The molecule has 3 aromatic carbocycles. The molecule has 0 aliphatic rings. The van der Waals surface area contributed by atoms with Crippen LogP contribution in [0.2, 0.25) is 23.2 Å². The van der Waals surface area contributed by atoms with Crippen molar-refractivity contribution in [1.82, 2.24) is 0 Å². The van der Waals surface area contributed by atoms with Crippen LogP contribution in [0.3, 0.4) is 0 Å². The van der Waals surface area contributed by atoms with E-state index in [4.69, 9.17) is 13.6 Å². The number of hydrogen-bond donors (Lipinski definition) is 0. The van der Waals surface area contributed by atoms with Gasteiger partial charge in [0.25, 0.3) is 8.32 Å². The molecule has 0 radical (unpaired) electrons. The minimum Gasteiger partial charge on any atom is -0.411 e. The molecule has 0 amide bonds. The molecule has 0 bridgehead atoms. The van der Waals surface area contributed by atoms with Crippen molar-refractivity contribution in [2.75, 3.05) is 6.61 Å². The number of halogens is 1. The summed E-state index contributed by atoms with van der Waals surface area (Å²) in [7, 11) is -4.66. The maximum atomic E-state index is 7.22. The fourth-order valence-electron chi connectivity index (χ4n) is 5.45. The third-order valence-corrected chi connectivity index (χ3v) is 18.6. The van der Waals surface area contributed by atoms with Crippen LogP contribution in [-0.4, -0.2) is 35.4 Å². The predicted octanol–water partition coefficient (Wildman–Crippen LogP) is 9.62. The summed E-state index contributed by atoms with van der Waals surface area (Å²) in [5.74, 6) is 0. The minimum absolute atomic E-state index is 0.0550. The van der Waals surface area contributed by atoms with Crippen LogP contribution >= 0.6 is 15.9 Å². The Labute approximate surface area is 272 Å². The zero-order valence-electron chi connectivity index (χ0n) is 27.7. The van der Waals surface area contributed by atoms with Gasteiger partial charge in [0.1, 0.15) is 0 Å². The quantitative estimate of drug-likeness (QED) is 0.118. The number of ether oxygens (including phenoxy) is 1. The maximum Gasteiger partial charge on any atom is 0.261 e. The van der Waals surface area contributed by atoms with Gasteiger partial charge < -0.3 is 13.6 Å². The number of benzene rings is 3. The number of hydrogen-bond acceptors (Lipinski definition) is 3. The molecule has 0 aliphatic carbocycles. The van der Waals surface area contributed by atoms with E-state index in [9.17, 15) is 0 Å². The molecule has 3 nitrogen and oxygen atoms in total. The molecule has 234 valence electrons. The second kappa shape index (κ2) is 15.5. The zero-order chi connectivity index (χ0) is 31.7. The monoisotopic (exact) mass is 680 g/mol. The van der Waals surface area contributed by atoms with E-state index in [1.807, 2.05) is 6.07 Å². The Bertz CT molecular complexity index is 1210. The molecule has 0 aliphatic heterocycles. The molecule has 3 rings (SSSR count). The Morgan fingerprint density at radius 2 is 1.23 bits per heavy atom. The van der Waals surface area contributed by atoms with Crippen molar-refractivity contribution in [3.05, 3.63) is 108 Å². The van der Waals surface area contributed by atoms with Gasteiger partial charge in [0, 0.05) is 13.0 Å². The average Bonchev–Trinajstić information content (AvgIpc) is 2.94. The van der Waals surface area contributed by atoms with Gasteiger partial charge in [-0.3, -0.25) is 0 Å². The van der Waals surface area contributed by atoms with E-state index < -0.39 is 16.6 Å². The van der Waals surface area contributed by atoms with E-state index in [1.54, 1.807) is 0 Å². The van der Waals surface area contributed by atoms with Crippen LogP contribution < -0.4 is 10.4 Å². The van der Waals surface area contributed by atoms with Gasteiger partial charge in [-0.25, -0.2) is 0 Å². The summed E-state index contributed by atoms with van der Waals surface area (Å²) in [4.78, 5) is 0. The first-order chi connectivity index (χ1) is 20.2. The van der Waals surface area contributed by atoms with Crippen molar-refractivity contribution in [3.63, 3.8) is 0 Å². The van der Waals surface area contributed by atoms with E-state index in [1.165, 1.54) is 15.9 Å². The highest BCUT2D eigenvalue weighted by molar-refractivity contribution is 9.11. The molecule has 0 aromatic heterocycles. The molecule has 2 atom stereocenters. The molecular formula is C37H53BrO3Si2. The van der Waals surface area contributed by atoms with Gasteiger partial charge in [0.05, 0.1) is 18.8 Å². The van der Waals surface area contributed by atoms with Crippen LogP contribution in [0.5, 0.6) is 0 Å². The molecule has 0 saturated heterocycles. The third-order valence-electron chi connectivity index (χ3n) is 8.76. The first-order valence-electron chi connectivity index (χ1n) is 15.6. The highest BCUT2D eigenvalue weighted by atomic mass is 79.9. The lowest BCUT2D eigenvalue weighted by Gasteiger charge is -2.43. The second-order valence-corrected chi connectivity index (χ2v) is 24.3. The van der Waals surface area contributed by atoms with Crippen molar-refractivity contribution >= 4 is 42.9 Å². The van der Waals surface area contributed by atoms with Crippen LogP contribution in [0.4, 0.5) is 0 Å². The Hall–Kier alpha value is -1.81. The fraction of sp³-hybridized carbons (Fsp3) is 0.459. The molecule has 0 heterocycles. The second-order valence-electron chi connectivity index (χ2n) is 14.1. The standard InChI is InChI=1S/C37H53BrO3Si2/c1-30(38)28-35(41-42(8,9)36(2,3)4)34(39-29-31-20-13-10-14-21-31)26-19-27-40-43(37(5,6)7,32-22-15-11-16-23-32)33-24-17-12-18-25-33/h10-18,20-25,34-35H,1,19,26-29H2,2-9H3/t34-,35-/m0/s1. The largest absolute Gasteiger partial charge is 0.411 e. The van der Waals surface area contributed by atoms with Gasteiger partial charge in [-0.2, -0.15) is 0 Å². The first-order valence-corrected chi connectivity index (χ1v) is 21.2. The summed E-state index contributed by atoms with van der Waals surface area (Å²) >= 11 is 3.65. The normalized spacial score (nSPS) is 14.3.